The fourth-order valence-electron chi connectivity index (χ4n) is 2.30. The Morgan fingerprint density at radius 2 is 2.00 bits per heavy atom. The van der Waals surface area contributed by atoms with Crippen LogP contribution >= 0.6 is 0 Å². The highest BCUT2D eigenvalue weighted by atomic mass is 16.1. The molecule has 4 nitrogen and oxygen atoms in total. The second-order valence-corrected chi connectivity index (χ2v) is 4.99. The molecule has 0 unspecified atom stereocenters. The minimum Gasteiger partial charge on any atom is -0.308 e. The third kappa shape index (κ3) is 3.05. The van der Waals surface area contributed by atoms with E-state index in [0.29, 0.717) is 12.2 Å². The van der Waals surface area contributed by atoms with E-state index >= 15 is 0 Å². The Morgan fingerprint density at radius 3 is 2.86 bits per heavy atom. The number of fused-ring (bicyclic) bond motifs is 1. The molecule has 1 N–H and O–H groups in total. The van der Waals surface area contributed by atoms with Gasteiger partial charge in [-0.25, -0.2) is 0 Å². The lowest BCUT2D eigenvalue weighted by atomic mass is 10.1. The highest BCUT2D eigenvalue weighted by Crippen LogP contribution is 2.19. The molecule has 1 amide bonds. The first-order valence-electron chi connectivity index (χ1n) is 6.78. The summed E-state index contributed by atoms with van der Waals surface area (Å²) in [5.41, 5.74) is 2.13. The Labute approximate surface area is 122 Å². The van der Waals surface area contributed by atoms with Crippen LogP contribution in [0.3, 0.4) is 0 Å². The Bertz CT molecular complexity index is 793. The van der Waals surface area contributed by atoms with Crippen LogP contribution in [0.2, 0.25) is 0 Å². The molecular formula is C17H15N3O. The van der Waals surface area contributed by atoms with Crippen LogP contribution in [0.25, 0.3) is 10.8 Å². The number of aromatic nitrogens is 2. The molecule has 0 spiro atoms. The number of amides is 1. The van der Waals surface area contributed by atoms with Gasteiger partial charge >= 0.3 is 0 Å². The van der Waals surface area contributed by atoms with Crippen LogP contribution in [0, 0.1) is 6.92 Å². The quantitative estimate of drug-likeness (QED) is 0.800. The molecule has 0 saturated heterocycles. The van der Waals surface area contributed by atoms with Gasteiger partial charge in [-0.2, -0.15) is 5.10 Å². The van der Waals surface area contributed by atoms with Crippen LogP contribution in [-0.4, -0.2) is 16.1 Å². The molecule has 2 aromatic carbocycles. The number of anilines is 1. The average molecular weight is 277 g/mol. The molecule has 0 atom stereocenters. The predicted molar refractivity (Wildman–Crippen MR) is 83.1 cm³/mol. The maximum Gasteiger partial charge on any atom is 0.230 e. The zero-order valence-electron chi connectivity index (χ0n) is 11.7. The van der Waals surface area contributed by atoms with E-state index in [9.17, 15) is 4.79 Å². The van der Waals surface area contributed by atoms with Gasteiger partial charge in [-0.1, -0.05) is 54.1 Å². The summed E-state index contributed by atoms with van der Waals surface area (Å²) in [6, 6.07) is 15.6. The van der Waals surface area contributed by atoms with Crippen molar-refractivity contribution < 1.29 is 4.79 Å². The summed E-state index contributed by atoms with van der Waals surface area (Å²) < 4.78 is 0. The monoisotopic (exact) mass is 277 g/mol. The fourth-order valence-corrected chi connectivity index (χ4v) is 2.30. The maximum atomic E-state index is 12.2. The van der Waals surface area contributed by atoms with E-state index in [1.165, 1.54) is 0 Å². The van der Waals surface area contributed by atoms with Crippen molar-refractivity contribution in [2.75, 3.05) is 5.32 Å². The standard InChI is InChI=1S/C17H15N3O/c1-12-5-4-6-13(9-12)10-16(21)19-17-15-8-3-2-7-14(15)11-18-20-17/h2-9,11H,10H2,1H3,(H,19,20,21). The zero-order valence-corrected chi connectivity index (χ0v) is 11.7. The highest BCUT2D eigenvalue weighted by molar-refractivity contribution is 6.00. The molecule has 1 heterocycles. The molecule has 4 heteroatoms. The molecule has 21 heavy (non-hydrogen) atoms. The maximum absolute atomic E-state index is 12.2. The largest absolute Gasteiger partial charge is 0.308 e. The van der Waals surface area contributed by atoms with E-state index in [0.717, 1.165) is 21.9 Å². The average Bonchev–Trinajstić information content (AvgIpc) is 2.47. The molecular weight excluding hydrogens is 262 g/mol. The Morgan fingerprint density at radius 1 is 1.14 bits per heavy atom. The van der Waals surface area contributed by atoms with Gasteiger partial charge in [0, 0.05) is 10.8 Å². The van der Waals surface area contributed by atoms with Gasteiger partial charge in [-0.3, -0.25) is 4.79 Å². The number of carbonyl (C=O) groups is 1. The molecule has 0 saturated carbocycles. The third-order valence-electron chi connectivity index (χ3n) is 3.28. The van der Waals surface area contributed by atoms with Gasteiger partial charge in [-0.05, 0) is 12.5 Å². The van der Waals surface area contributed by atoms with E-state index in [1.807, 2.05) is 55.5 Å². The van der Waals surface area contributed by atoms with Crippen LogP contribution < -0.4 is 5.32 Å². The second kappa shape index (κ2) is 5.71. The Balaban J connectivity index is 1.80. The van der Waals surface area contributed by atoms with Crippen molar-refractivity contribution in [3.63, 3.8) is 0 Å². The summed E-state index contributed by atoms with van der Waals surface area (Å²) in [6.07, 6.45) is 2.01. The van der Waals surface area contributed by atoms with Crippen molar-refractivity contribution in [1.82, 2.24) is 10.2 Å². The number of hydrogen-bond donors (Lipinski definition) is 1. The SMILES string of the molecule is Cc1cccc(CC(=O)Nc2nncc3ccccc23)c1. The van der Waals surface area contributed by atoms with Crippen LogP contribution in [0.4, 0.5) is 5.82 Å². The molecule has 3 rings (SSSR count). The normalized spacial score (nSPS) is 10.5. The summed E-state index contributed by atoms with van der Waals surface area (Å²) in [6.45, 7) is 2.01. The van der Waals surface area contributed by atoms with Gasteiger partial charge in [0.2, 0.25) is 5.91 Å². The van der Waals surface area contributed by atoms with E-state index in [1.54, 1.807) is 6.20 Å². The van der Waals surface area contributed by atoms with Gasteiger partial charge in [0.1, 0.15) is 0 Å². The van der Waals surface area contributed by atoms with E-state index in [4.69, 9.17) is 0 Å². The first kappa shape index (κ1) is 13.2. The van der Waals surface area contributed by atoms with Gasteiger partial charge in [0.15, 0.2) is 5.82 Å². The highest BCUT2D eigenvalue weighted by Gasteiger charge is 2.08. The molecule has 0 aliphatic carbocycles. The molecule has 0 aliphatic heterocycles. The lowest BCUT2D eigenvalue weighted by Gasteiger charge is -2.07. The van der Waals surface area contributed by atoms with Gasteiger partial charge < -0.3 is 5.32 Å². The first-order chi connectivity index (χ1) is 10.2. The number of carbonyl (C=O) groups excluding carboxylic acids is 1. The van der Waals surface area contributed by atoms with Crippen molar-refractivity contribution >= 4 is 22.5 Å². The summed E-state index contributed by atoms with van der Waals surface area (Å²) >= 11 is 0. The van der Waals surface area contributed by atoms with Crippen LogP contribution in [0.15, 0.2) is 54.7 Å². The number of hydrogen-bond acceptors (Lipinski definition) is 3. The van der Waals surface area contributed by atoms with Gasteiger partial charge in [0.25, 0.3) is 0 Å². The summed E-state index contributed by atoms with van der Waals surface area (Å²) in [5, 5.41) is 12.6. The van der Waals surface area contributed by atoms with Crippen molar-refractivity contribution in [3.8, 4) is 0 Å². The lowest BCUT2D eigenvalue weighted by Crippen LogP contribution is -2.16. The Hall–Kier alpha value is -2.75. The number of aryl methyl sites for hydroxylation is 1. The number of nitrogens with one attached hydrogen (secondary N) is 1. The lowest BCUT2D eigenvalue weighted by molar-refractivity contribution is -0.115. The molecule has 3 aromatic rings. The van der Waals surface area contributed by atoms with E-state index < -0.39 is 0 Å². The number of rotatable bonds is 3. The topological polar surface area (TPSA) is 54.9 Å². The molecule has 0 fully saturated rings. The van der Waals surface area contributed by atoms with Gasteiger partial charge in [0.05, 0.1) is 12.6 Å². The van der Waals surface area contributed by atoms with Crippen LogP contribution in [0.5, 0.6) is 0 Å². The number of benzene rings is 2. The first-order valence-corrected chi connectivity index (χ1v) is 6.78. The molecule has 104 valence electrons. The second-order valence-electron chi connectivity index (χ2n) is 4.99. The number of nitrogens with zero attached hydrogens (tertiary/aromatic N) is 2. The van der Waals surface area contributed by atoms with Gasteiger partial charge in [-0.15, -0.1) is 5.10 Å². The zero-order chi connectivity index (χ0) is 14.7. The minimum atomic E-state index is -0.0914. The van der Waals surface area contributed by atoms with Crippen molar-refractivity contribution in [2.45, 2.75) is 13.3 Å². The van der Waals surface area contributed by atoms with E-state index in [-0.39, 0.29) is 5.91 Å². The van der Waals surface area contributed by atoms with Crippen LogP contribution in [-0.2, 0) is 11.2 Å². The van der Waals surface area contributed by atoms with Crippen LogP contribution in [0.1, 0.15) is 11.1 Å². The van der Waals surface area contributed by atoms with E-state index in [2.05, 4.69) is 15.5 Å². The molecule has 0 bridgehead atoms. The minimum absolute atomic E-state index is 0.0914. The fraction of sp³-hybridized carbons (Fsp3) is 0.118. The predicted octanol–water partition coefficient (Wildman–Crippen LogP) is 3.12. The molecule has 0 radical (unpaired) electrons. The third-order valence-corrected chi connectivity index (χ3v) is 3.28. The van der Waals surface area contributed by atoms with Crippen molar-refractivity contribution in [3.05, 3.63) is 65.9 Å². The summed E-state index contributed by atoms with van der Waals surface area (Å²) in [4.78, 5) is 12.2. The van der Waals surface area contributed by atoms with Crippen molar-refractivity contribution in [1.29, 1.82) is 0 Å². The Kier molecular flexibility index (Phi) is 3.60. The summed E-state index contributed by atoms with van der Waals surface area (Å²) in [7, 11) is 0. The molecule has 1 aromatic heterocycles. The van der Waals surface area contributed by atoms with Crippen molar-refractivity contribution in [2.24, 2.45) is 0 Å². The smallest absolute Gasteiger partial charge is 0.230 e. The summed E-state index contributed by atoms with van der Waals surface area (Å²) in [5.74, 6) is 0.414. The molecule has 0 aliphatic rings.